The molecule has 1 atom stereocenters. The van der Waals surface area contributed by atoms with Gasteiger partial charge in [0.1, 0.15) is 5.82 Å². The highest BCUT2D eigenvalue weighted by atomic mass is 19.3. The van der Waals surface area contributed by atoms with Crippen LogP contribution >= 0.6 is 0 Å². The number of ether oxygens (including phenoxy) is 1. The molecule has 0 bridgehead atoms. The van der Waals surface area contributed by atoms with E-state index in [4.69, 9.17) is 4.74 Å². The van der Waals surface area contributed by atoms with E-state index in [-0.39, 0.29) is 32.0 Å². The van der Waals surface area contributed by atoms with Gasteiger partial charge in [0.25, 0.3) is 5.92 Å². The van der Waals surface area contributed by atoms with Crippen LogP contribution in [0.2, 0.25) is 0 Å². The molecule has 0 radical (unpaired) electrons. The fraction of sp³-hybridized carbons (Fsp3) is 0.786. The van der Waals surface area contributed by atoms with Crippen LogP contribution in [0.4, 0.5) is 20.7 Å². The van der Waals surface area contributed by atoms with Crippen LogP contribution in [0.1, 0.15) is 25.6 Å². The topological polar surface area (TPSA) is 54.4 Å². The lowest BCUT2D eigenvalue weighted by atomic mass is 10.1. The van der Waals surface area contributed by atoms with Crippen molar-refractivity contribution in [2.75, 3.05) is 42.6 Å². The van der Waals surface area contributed by atoms with E-state index in [9.17, 15) is 8.78 Å². The van der Waals surface area contributed by atoms with Crippen LogP contribution in [0, 0.1) is 6.92 Å². The Morgan fingerprint density at radius 1 is 1.09 bits per heavy atom. The predicted octanol–water partition coefficient (Wildman–Crippen LogP) is 1.64. The molecule has 22 heavy (non-hydrogen) atoms. The van der Waals surface area contributed by atoms with Crippen molar-refractivity contribution in [3.8, 4) is 0 Å². The largest absolute Gasteiger partial charge is 0.377 e. The van der Waals surface area contributed by atoms with Crippen molar-refractivity contribution in [3.05, 3.63) is 5.82 Å². The smallest absolute Gasteiger partial charge is 0.251 e. The Hall–Kier alpha value is -1.57. The molecule has 1 aromatic heterocycles. The van der Waals surface area contributed by atoms with Gasteiger partial charge in [0, 0.05) is 32.5 Å². The van der Waals surface area contributed by atoms with E-state index in [1.54, 1.807) is 6.92 Å². The van der Waals surface area contributed by atoms with E-state index in [0.717, 1.165) is 6.54 Å². The zero-order chi connectivity index (χ0) is 15.7. The quantitative estimate of drug-likeness (QED) is 0.827. The zero-order valence-corrected chi connectivity index (χ0v) is 12.9. The minimum atomic E-state index is -2.57. The zero-order valence-electron chi connectivity index (χ0n) is 12.9. The molecule has 122 valence electrons. The van der Waals surface area contributed by atoms with Crippen LogP contribution in [0.15, 0.2) is 0 Å². The van der Waals surface area contributed by atoms with Crippen molar-refractivity contribution in [2.45, 2.75) is 38.7 Å². The predicted molar refractivity (Wildman–Crippen MR) is 78.6 cm³/mol. The highest BCUT2D eigenvalue weighted by molar-refractivity contribution is 5.40. The Morgan fingerprint density at radius 3 is 2.45 bits per heavy atom. The normalized spacial score (nSPS) is 25.4. The molecule has 0 aromatic carbocycles. The number of nitrogens with zero attached hydrogens (tertiary/aromatic N) is 5. The van der Waals surface area contributed by atoms with Crippen molar-refractivity contribution in [1.29, 1.82) is 0 Å². The van der Waals surface area contributed by atoms with E-state index >= 15 is 0 Å². The molecule has 0 N–H and O–H groups in total. The van der Waals surface area contributed by atoms with Crippen LogP contribution < -0.4 is 9.80 Å². The van der Waals surface area contributed by atoms with Crippen molar-refractivity contribution >= 4 is 11.9 Å². The summed E-state index contributed by atoms with van der Waals surface area (Å²) in [5.74, 6) is -0.858. The molecule has 0 saturated carbocycles. The second-order valence-corrected chi connectivity index (χ2v) is 5.94. The Labute approximate surface area is 128 Å². The number of piperidine rings is 1. The molecule has 3 rings (SSSR count). The minimum absolute atomic E-state index is 0.152. The van der Waals surface area contributed by atoms with Gasteiger partial charge in [0.2, 0.25) is 11.9 Å². The van der Waals surface area contributed by atoms with Crippen molar-refractivity contribution < 1.29 is 13.5 Å². The molecule has 2 aliphatic rings. The second kappa shape index (κ2) is 5.91. The fourth-order valence-electron chi connectivity index (χ4n) is 2.78. The van der Waals surface area contributed by atoms with E-state index in [1.165, 1.54) is 0 Å². The van der Waals surface area contributed by atoms with Gasteiger partial charge >= 0.3 is 0 Å². The van der Waals surface area contributed by atoms with Gasteiger partial charge in [-0.2, -0.15) is 15.0 Å². The van der Waals surface area contributed by atoms with Crippen molar-refractivity contribution in [3.63, 3.8) is 0 Å². The molecular weight excluding hydrogens is 292 g/mol. The molecule has 3 heterocycles. The monoisotopic (exact) mass is 313 g/mol. The maximum atomic E-state index is 13.3. The van der Waals surface area contributed by atoms with Crippen LogP contribution in [-0.4, -0.2) is 59.8 Å². The van der Waals surface area contributed by atoms with E-state index < -0.39 is 5.92 Å². The van der Waals surface area contributed by atoms with Gasteiger partial charge in [0.05, 0.1) is 19.3 Å². The SMILES string of the molecule is Cc1nc(N2CCC(F)(F)CC2)nc(N2CCOC[C@H]2C)n1. The number of alkyl halides is 2. The summed E-state index contributed by atoms with van der Waals surface area (Å²) in [6.07, 6.45) is -0.304. The van der Waals surface area contributed by atoms with E-state index in [0.29, 0.717) is 30.9 Å². The van der Waals surface area contributed by atoms with Gasteiger partial charge in [-0.1, -0.05) is 0 Å². The maximum absolute atomic E-state index is 13.3. The van der Waals surface area contributed by atoms with E-state index in [1.807, 2.05) is 4.90 Å². The molecule has 2 aliphatic heterocycles. The molecule has 0 amide bonds. The first-order valence-corrected chi connectivity index (χ1v) is 7.64. The molecule has 1 aromatic rings. The summed E-state index contributed by atoms with van der Waals surface area (Å²) >= 11 is 0. The van der Waals surface area contributed by atoms with Gasteiger partial charge in [-0.05, 0) is 13.8 Å². The molecule has 8 heteroatoms. The Kier molecular flexibility index (Phi) is 4.12. The number of aryl methyl sites for hydroxylation is 1. The Morgan fingerprint density at radius 2 is 1.77 bits per heavy atom. The first kappa shape index (κ1) is 15.3. The third kappa shape index (κ3) is 3.26. The summed E-state index contributed by atoms with van der Waals surface area (Å²) < 4.78 is 32.0. The molecule has 0 aliphatic carbocycles. The van der Waals surface area contributed by atoms with Crippen LogP contribution in [0.3, 0.4) is 0 Å². The fourth-order valence-corrected chi connectivity index (χ4v) is 2.78. The summed E-state index contributed by atoms with van der Waals surface area (Å²) in [5, 5.41) is 0. The molecular formula is C14H21F2N5O. The maximum Gasteiger partial charge on any atom is 0.251 e. The van der Waals surface area contributed by atoms with Crippen LogP contribution in [-0.2, 0) is 4.74 Å². The lowest BCUT2D eigenvalue weighted by molar-refractivity contribution is -0.0222. The number of halogens is 2. The van der Waals surface area contributed by atoms with Crippen LogP contribution in [0.5, 0.6) is 0 Å². The molecule has 2 saturated heterocycles. The summed E-state index contributed by atoms with van der Waals surface area (Å²) in [4.78, 5) is 17.1. The average molecular weight is 313 g/mol. The Balaban J connectivity index is 1.81. The first-order chi connectivity index (χ1) is 10.4. The lowest BCUT2D eigenvalue weighted by Gasteiger charge is -2.35. The molecule has 0 unspecified atom stereocenters. The number of hydrogen-bond donors (Lipinski definition) is 0. The summed E-state index contributed by atoms with van der Waals surface area (Å²) in [5.41, 5.74) is 0. The first-order valence-electron chi connectivity index (χ1n) is 7.64. The van der Waals surface area contributed by atoms with Crippen LogP contribution in [0.25, 0.3) is 0 Å². The number of aromatic nitrogens is 3. The van der Waals surface area contributed by atoms with Gasteiger partial charge in [0.15, 0.2) is 0 Å². The highest BCUT2D eigenvalue weighted by Gasteiger charge is 2.35. The lowest BCUT2D eigenvalue weighted by Crippen LogP contribution is -2.45. The summed E-state index contributed by atoms with van der Waals surface area (Å²) in [6.45, 7) is 6.40. The number of rotatable bonds is 2. The average Bonchev–Trinajstić information content (AvgIpc) is 2.47. The van der Waals surface area contributed by atoms with E-state index in [2.05, 4.69) is 26.8 Å². The Bertz CT molecular complexity index is 532. The second-order valence-electron chi connectivity index (χ2n) is 5.94. The van der Waals surface area contributed by atoms with Gasteiger partial charge in [-0.15, -0.1) is 0 Å². The molecule has 0 spiro atoms. The molecule has 2 fully saturated rings. The van der Waals surface area contributed by atoms with Crippen molar-refractivity contribution in [1.82, 2.24) is 15.0 Å². The third-order valence-electron chi connectivity index (χ3n) is 4.13. The standard InChI is InChI=1S/C14H21F2N5O/c1-10-9-22-8-7-21(10)13-18-11(2)17-12(19-13)20-5-3-14(15,16)4-6-20/h10H,3-9H2,1-2H3/t10-/m1/s1. The third-order valence-corrected chi connectivity index (χ3v) is 4.13. The van der Waals surface area contributed by atoms with Gasteiger partial charge in [-0.25, -0.2) is 8.78 Å². The van der Waals surface area contributed by atoms with Gasteiger partial charge < -0.3 is 14.5 Å². The number of morpholine rings is 1. The molecule has 6 nitrogen and oxygen atoms in total. The number of anilines is 2. The summed E-state index contributed by atoms with van der Waals surface area (Å²) in [6, 6.07) is 0.189. The minimum Gasteiger partial charge on any atom is -0.377 e. The highest BCUT2D eigenvalue weighted by Crippen LogP contribution is 2.29. The van der Waals surface area contributed by atoms with Crippen molar-refractivity contribution in [2.24, 2.45) is 0 Å². The number of hydrogen-bond acceptors (Lipinski definition) is 6. The van der Waals surface area contributed by atoms with Gasteiger partial charge in [-0.3, -0.25) is 0 Å². The summed E-state index contributed by atoms with van der Waals surface area (Å²) in [7, 11) is 0.